The van der Waals surface area contributed by atoms with Crippen LogP contribution in [0.4, 0.5) is 0 Å². The van der Waals surface area contributed by atoms with Gasteiger partial charge in [0.05, 0.1) is 6.61 Å². The Morgan fingerprint density at radius 2 is 2.47 bits per heavy atom. The molecule has 1 unspecified atom stereocenters. The van der Waals surface area contributed by atoms with Crippen molar-refractivity contribution >= 4 is 5.97 Å². The first-order valence-corrected chi connectivity index (χ1v) is 5.52. The minimum atomic E-state index is -0.338. The summed E-state index contributed by atoms with van der Waals surface area (Å²) in [4.78, 5) is 11.1. The number of esters is 1. The fourth-order valence-electron chi connectivity index (χ4n) is 1.75. The molecular weight excluding hydrogens is 190 g/mol. The molecule has 0 amide bonds. The molecule has 1 aliphatic rings. The summed E-state index contributed by atoms with van der Waals surface area (Å²) in [6.45, 7) is 2.18. The predicted molar refractivity (Wildman–Crippen MR) is 60.0 cm³/mol. The SMILES string of the molecule is CCOC(=O)/C=C(\N)CC1C=CCCC1. The number of carbonyl (C=O) groups excluding carboxylic acids is 1. The predicted octanol–water partition coefficient (Wildman–Crippen LogP) is 2.14. The van der Waals surface area contributed by atoms with Gasteiger partial charge in [-0.15, -0.1) is 0 Å². The number of ether oxygens (including phenoxy) is 1. The third kappa shape index (κ3) is 4.68. The molecule has 0 aliphatic heterocycles. The van der Waals surface area contributed by atoms with E-state index in [4.69, 9.17) is 10.5 Å². The third-order valence-electron chi connectivity index (χ3n) is 2.44. The number of hydrogen-bond acceptors (Lipinski definition) is 3. The van der Waals surface area contributed by atoms with Gasteiger partial charge in [0.25, 0.3) is 0 Å². The van der Waals surface area contributed by atoms with E-state index >= 15 is 0 Å². The van der Waals surface area contributed by atoms with Crippen LogP contribution in [0.5, 0.6) is 0 Å². The molecule has 0 heterocycles. The first-order chi connectivity index (χ1) is 7.22. The lowest BCUT2D eigenvalue weighted by Crippen LogP contribution is -2.10. The van der Waals surface area contributed by atoms with Crippen LogP contribution < -0.4 is 5.73 Å². The number of rotatable bonds is 4. The van der Waals surface area contributed by atoms with Crippen molar-refractivity contribution in [3.8, 4) is 0 Å². The maximum absolute atomic E-state index is 11.1. The Kier molecular flexibility index (Phi) is 4.95. The summed E-state index contributed by atoms with van der Waals surface area (Å²) < 4.78 is 4.79. The first kappa shape index (κ1) is 11.8. The molecule has 1 aliphatic carbocycles. The van der Waals surface area contributed by atoms with Gasteiger partial charge in [-0.3, -0.25) is 0 Å². The summed E-state index contributed by atoms with van der Waals surface area (Å²) in [7, 11) is 0. The van der Waals surface area contributed by atoms with E-state index in [1.807, 2.05) is 0 Å². The molecule has 0 aromatic carbocycles. The monoisotopic (exact) mass is 209 g/mol. The van der Waals surface area contributed by atoms with Gasteiger partial charge in [0.15, 0.2) is 0 Å². The highest BCUT2D eigenvalue weighted by molar-refractivity contribution is 5.82. The van der Waals surface area contributed by atoms with Crippen molar-refractivity contribution in [2.75, 3.05) is 6.61 Å². The molecule has 3 heteroatoms. The summed E-state index contributed by atoms with van der Waals surface area (Å²) >= 11 is 0. The number of hydrogen-bond donors (Lipinski definition) is 1. The highest BCUT2D eigenvalue weighted by atomic mass is 16.5. The van der Waals surface area contributed by atoms with E-state index in [9.17, 15) is 4.79 Å². The van der Waals surface area contributed by atoms with Crippen LogP contribution in [-0.4, -0.2) is 12.6 Å². The topological polar surface area (TPSA) is 52.3 Å². The van der Waals surface area contributed by atoms with Crippen molar-refractivity contribution in [1.29, 1.82) is 0 Å². The summed E-state index contributed by atoms with van der Waals surface area (Å²) in [5.41, 5.74) is 6.38. The smallest absolute Gasteiger partial charge is 0.332 e. The third-order valence-corrected chi connectivity index (χ3v) is 2.44. The second kappa shape index (κ2) is 6.27. The largest absolute Gasteiger partial charge is 0.463 e. The minimum absolute atomic E-state index is 0.338. The fraction of sp³-hybridized carbons (Fsp3) is 0.583. The molecule has 84 valence electrons. The second-order valence-corrected chi connectivity index (χ2v) is 3.79. The van der Waals surface area contributed by atoms with Gasteiger partial charge in [-0.1, -0.05) is 12.2 Å². The molecular formula is C12H19NO2. The number of nitrogens with two attached hydrogens (primary N) is 1. The van der Waals surface area contributed by atoms with Crippen LogP contribution in [-0.2, 0) is 9.53 Å². The van der Waals surface area contributed by atoms with E-state index in [0.717, 1.165) is 19.3 Å². The summed E-state index contributed by atoms with van der Waals surface area (Å²) in [6.07, 6.45) is 10.1. The molecule has 0 saturated carbocycles. The molecule has 1 rings (SSSR count). The van der Waals surface area contributed by atoms with Crippen LogP contribution in [0, 0.1) is 5.92 Å². The van der Waals surface area contributed by atoms with Crippen molar-refractivity contribution in [2.24, 2.45) is 11.7 Å². The van der Waals surface area contributed by atoms with E-state index in [0.29, 0.717) is 18.2 Å². The van der Waals surface area contributed by atoms with Gasteiger partial charge >= 0.3 is 5.97 Å². The van der Waals surface area contributed by atoms with Crippen molar-refractivity contribution in [3.63, 3.8) is 0 Å². The quantitative estimate of drug-likeness (QED) is 0.438. The van der Waals surface area contributed by atoms with E-state index in [1.54, 1.807) is 6.92 Å². The molecule has 3 nitrogen and oxygen atoms in total. The van der Waals surface area contributed by atoms with Gasteiger partial charge < -0.3 is 10.5 Å². The Morgan fingerprint density at radius 1 is 1.67 bits per heavy atom. The van der Waals surface area contributed by atoms with Crippen LogP contribution in [0.2, 0.25) is 0 Å². The maximum atomic E-state index is 11.1. The Labute approximate surface area is 91.0 Å². The van der Waals surface area contributed by atoms with Crippen molar-refractivity contribution in [2.45, 2.75) is 32.6 Å². The molecule has 0 radical (unpaired) electrons. The molecule has 15 heavy (non-hydrogen) atoms. The summed E-state index contributed by atoms with van der Waals surface area (Å²) in [5.74, 6) is 0.152. The van der Waals surface area contributed by atoms with E-state index in [1.165, 1.54) is 12.5 Å². The zero-order chi connectivity index (χ0) is 11.1. The lowest BCUT2D eigenvalue weighted by atomic mass is 9.92. The maximum Gasteiger partial charge on any atom is 0.332 e. The lowest BCUT2D eigenvalue weighted by Gasteiger charge is -2.15. The van der Waals surface area contributed by atoms with Gasteiger partial charge in [0, 0.05) is 11.8 Å². The number of allylic oxidation sites excluding steroid dienone is 3. The fourth-order valence-corrected chi connectivity index (χ4v) is 1.75. The standard InChI is InChI=1S/C12H19NO2/c1-2-15-12(14)9-11(13)8-10-6-4-3-5-7-10/h4,6,9-10H,2-3,5,7-8,13H2,1H3/b11-9-. The van der Waals surface area contributed by atoms with Crippen LogP contribution in [0.15, 0.2) is 23.9 Å². The Balaban J connectivity index is 2.39. The van der Waals surface area contributed by atoms with E-state index < -0.39 is 0 Å². The molecule has 0 fully saturated rings. The average molecular weight is 209 g/mol. The lowest BCUT2D eigenvalue weighted by molar-refractivity contribution is -0.137. The van der Waals surface area contributed by atoms with Crippen LogP contribution in [0.1, 0.15) is 32.6 Å². The molecule has 0 aromatic rings. The molecule has 1 atom stereocenters. The van der Waals surface area contributed by atoms with Crippen LogP contribution in [0.25, 0.3) is 0 Å². The molecule has 0 aromatic heterocycles. The molecule has 0 bridgehead atoms. The molecule has 0 saturated heterocycles. The van der Waals surface area contributed by atoms with Crippen LogP contribution >= 0.6 is 0 Å². The first-order valence-electron chi connectivity index (χ1n) is 5.52. The highest BCUT2D eigenvalue weighted by Gasteiger charge is 2.10. The van der Waals surface area contributed by atoms with E-state index in [2.05, 4.69) is 12.2 Å². The minimum Gasteiger partial charge on any atom is -0.463 e. The Bertz CT molecular complexity index is 269. The normalized spacial score (nSPS) is 21.4. The molecule has 0 spiro atoms. The van der Waals surface area contributed by atoms with Gasteiger partial charge in [-0.05, 0) is 38.5 Å². The Hall–Kier alpha value is -1.25. The van der Waals surface area contributed by atoms with E-state index in [-0.39, 0.29) is 5.97 Å². The van der Waals surface area contributed by atoms with Crippen LogP contribution in [0.3, 0.4) is 0 Å². The second-order valence-electron chi connectivity index (χ2n) is 3.79. The van der Waals surface area contributed by atoms with Crippen molar-refractivity contribution in [1.82, 2.24) is 0 Å². The van der Waals surface area contributed by atoms with Gasteiger partial charge in [0.2, 0.25) is 0 Å². The molecule has 2 N–H and O–H groups in total. The zero-order valence-corrected chi connectivity index (χ0v) is 9.24. The van der Waals surface area contributed by atoms with Crippen molar-refractivity contribution < 1.29 is 9.53 Å². The zero-order valence-electron chi connectivity index (χ0n) is 9.24. The summed E-state index contributed by atoms with van der Waals surface area (Å²) in [6, 6.07) is 0. The van der Waals surface area contributed by atoms with Gasteiger partial charge in [-0.2, -0.15) is 0 Å². The van der Waals surface area contributed by atoms with Crippen molar-refractivity contribution in [3.05, 3.63) is 23.9 Å². The highest BCUT2D eigenvalue weighted by Crippen LogP contribution is 2.21. The summed E-state index contributed by atoms with van der Waals surface area (Å²) in [5, 5.41) is 0. The van der Waals surface area contributed by atoms with Gasteiger partial charge in [0.1, 0.15) is 0 Å². The Morgan fingerprint density at radius 3 is 3.07 bits per heavy atom. The van der Waals surface area contributed by atoms with Gasteiger partial charge in [-0.25, -0.2) is 4.79 Å². The number of carbonyl (C=O) groups is 1. The average Bonchev–Trinajstić information content (AvgIpc) is 2.19.